The molecule has 0 aliphatic heterocycles. The van der Waals surface area contributed by atoms with Gasteiger partial charge in [0.2, 0.25) is 11.6 Å². The van der Waals surface area contributed by atoms with Gasteiger partial charge in [-0.15, -0.1) is 0 Å². The first-order valence-corrected chi connectivity index (χ1v) is 10.3. The second-order valence-corrected chi connectivity index (χ2v) is 6.98. The molecule has 0 N–H and O–H groups in total. The molecular formula is C26H24O8. The highest BCUT2D eigenvalue weighted by molar-refractivity contribution is 6.50. The van der Waals surface area contributed by atoms with Crippen molar-refractivity contribution in [2.75, 3.05) is 27.9 Å². The first kappa shape index (κ1) is 24.3. The molecule has 0 radical (unpaired) electrons. The Balaban J connectivity index is 2.00. The summed E-state index contributed by atoms with van der Waals surface area (Å²) < 4.78 is 27.0. The van der Waals surface area contributed by atoms with Gasteiger partial charge in [-0.1, -0.05) is 30.3 Å². The summed E-state index contributed by atoms with van der Waals surface area (Å²) in [5, 5.41) is 0. The van der Waals surface area contributed by atoms with Crippen molar-refractivity contribution >= 4 is 17.9 Å². The minimum absolute atomic E-state index is 0.00395. The van der Waals surface area contributed by atoms with Crippen molar-refractivity contribution in [1.82, 2.24) is 0 Å². The summed E-state index contributed by atoms with van der Waals surface area (Å²) in [6.45, 7) is -0.121. The molecule has 0 heterocycles. The average molecular weight is 464 g/mol. The number of rotatable bonds is 12. The molecule has 0 bridgehead atoms. The van der Waals surface area contributed by atoms with Crippen molar-refractivity contribution in [2.24, 2.45) is 0 Å². The Bertz CT molecular complexity index is 1170. The van der Waals surface area contributed by atoms with Crippen LogP contribution in [0.25, 0.3) is 0 Å². The highest BCUT2D eigenvalue weighted by atomic mass is 16.5. The van der Waals surface area contributed by atoms with Gasteiger partial charge in [0.1, 0.15) is 30.5 Å². The van der Waals surface area contributed by atoms with Crippen molar-refractivity contribution in [3.63, 3.8) is 0 Å². The molecule has 0 aliphatic carbocycles. The van der Waals surface area contributed by atoms with Crippen molar-refractivity contribution in [2.45, 2.75) is 6.61 Å². The van der Waals surface area contributed by atoms with E-state index >= 15 is 0 Å². The van der Waals surface area contributed by atoms with E-state index in [0.29, 0.717) is 17.8 Å². The van der Waals surface area contributed by atoms with Crippen molar-refractivity contribution in [3.8, 4) is 28.7 Å². The van der Waals surface area contributed by atoms with E-state index in [2.05, 4.69) is 0 Å². The number of benzene rings is 3. The van der Waals surface area contributed by atoms with Gasteiger partial charge in [-0.25, -0.2) is 0 Å². The number of ether oxygens (including phenoxy) is 5. The van der Waals surface area contributed by atoms with Gasteiger partial charge in [0.05, 0.1) is 32.5 Å². The quantitative estimate of drug-likeness (QED) is 0.226. The lowest BCUT2D eigenvalue weighted by atomic mass is 9.99. The monoisotopic (exact) mass is 464 g/mol. The highest BCUT2D eigenvalue weighted by Gasteiger charge is 2.27. The SMILES string of the molecule is COc1ccc(C(=O)C(=O)c2cc(OC)c(OC)cc2OCc2ccccc2)c(OCC=O)c1. The van der Waals surface area contributed by atoms with Crippen LogP contribution >= 0.6 is 0 Å². The third-order valence-electron chi connectivity index (χ3n) is 4.91. The average Bonchev–Trinajstić information content (AvgIpc) is 2.89. The molecule has 0 saturated heterocycles. The van der Waals surface area contributed by atoms with Crippen LogP contribution in [0.1, 0.15) is 26.3 Å². The zero-order valence-electron chi connectivity index (χ0n) is 19.0. The smallest absolute Gasteiger partial charge is 0.237 e. The Morgan fingerprint density at radius 1 is 0.706 bits per heavy atom. The molecule has 0 spiro atoms. The first-order chi connectivity index (χ1) is 16.5. The Morgan fingerprint density at radius 2 is 1.35 bits per heavy atom. The molecule has 0 aromatic heterocycles. The van der Waals surface area contributed by atoms with Crippen LogP contribution < -0.4 is 23.7 Å². The van der Waals surface area contributed by atoms with Gasteiger partial charge in [-0.2, -0.15) is 0 Å². The van der Waals surface area contributed by atoms with E-state index in [-0.39, 0.29) is 41.6 Å². The second-order valence-electron chi connectivity index (χ2n) is 6.98. The van der Waals surface area contributed by atoms with Crippen molar-refractivity contribution in [3.05, 3.63) is 77.4 Å². The molecule has 3 rings (SSSR count). The zero-order chi connectivity index (χ0) is 24.5. The molecule has 8 heteroatoms. The van der Waals surface area contributed by atoms with Gasteiger partial charge in [0.25, 0.3) is 0 Å². The van der Waals surface area contributed by atoms with Gasteiger partial charge in [-0.05, 0) is 23.8 Å². The van der Waals surface area contributed by atoms with Crippen LogP contribution in [0, 0.1) is 0 Å². The first-order valence-electron chi connectivity index (χ1n) is 10.3. The standard InChI is InChI=1S/C26H24O8/c1-30-18-9-10-19(21(13-18)33-12-11-27)25(28)26(29)20-14-23(31-2)24(32-3)15-22(20)34-16-17-7-5-4-6-8-17/h4-11,13-15H,12,16H2,1-3H3. The molecule has 3 aromatic rings. The minimum Gasteiger partial charge on any atom is -0.497 e. The lowest BCUT2D eigenvalue weighted by Gasteiger charge is -2.16. The molecule has 0 unspecified atom stereocenters. The summed E-state index contributed by atoms with van der Waals surface area (Å²) in [7, 11) is 4.33. The summed E-state index contributed by atoms with van der Waals surface area (Å²) in [6.07, 6.45) is 0.541. The maximum Gasteiger partial charge on any atom is 0.237 e. The number of hydrogen-bond acceptors (Lipinski definition) is 8. The fraction of sp³-hybridized carbons (Fsp3) is 0.192. The summed E-state index contributed by atoms with van der Waals surface area (Å²) in [5.41, 5.74) is 0.855. The van der Waals surface area contributed by atoms with Crippen molar-refractivity contribution in [1.29, 1.82) is 0 Å². The third kappa shape index (κ3) is 5.53. The molecule has 3 aromatic carbocycles. The van der Waals surface area contributed by atoms with Gasteiger partial charge in [-0.3, -0.25) is 14.4 Å². The van der Waals surface area contributed by atoms with E-state index in [1.165, 1.54) is 51.7 Å². The van der Waals surface area contributed by atoms with Gasteiger partial charge in [0, 0.05) is 12.1 Å². The molecule has 0 atom stereocenters. The van der Waals surface area contributed by atoms with E-state index in [9.17, 15) is 14.4 Å². The third-order valence-corrected chi connectivity index (χ3v) is 4.91. The summed E-state index contributed by atoms with van der Waals surface area (Å²) in [4.78, 5) is 37.3. The summed E-state index contributed by atoms with van der Waals surface area (Å²) >= 11 is 0. The number of carbonyl (C=O) groups excluding carboxylic acids is 3. The Hall–Kier alpha value is -4.33. The molecule has 176 valence electrons. The number of ketones is 2. The largest absolute Gasteiger partial charge is 0.497 e. The Morgan fingerprint density at radius 3 is 2.00 bits per heavy atom. The summed E-state index contributed by atoms with van der Waals surface area (Å²) in [5.74, 6) is -0.471. The molecular weight excluding hydrogens is 440 g/mol. The van der Waals surface area contributed by atoms with E-state index in [1.807, 2.05) is 30.3 Å². The predicted octanol–water partition coefficient (Wildman–Crippen LogP) is 3.93. The van der Waals surface area contributed by atoms with Crippen LogP contribution in [0.4, 0.5) is 0 Å². The number of aldehydes is 1. The van der Waals surface area contributed by atoms with E-state index < -0.39 is 11.6 Å². The lowest BCUT2D eigenvalue weighted by Crippen LogP contribution is -2.18. The molecule has 8 nitrogen and oxygen atoms in total. The number of carbonyl (C=O) groups is 3. The van der Waals surface area contributed by atoms with E-state index in [1.54, 1.807) is 0 Å². The predicted molar refractivity (Wildman–Crippen MR) is 124 cm³/mol. The number of Topliss-reactive ketones (excluding diaryl/α,β-unsaturated/α-hetero) is 2. The number of methoxy groups -OCH3 is 3. The lowest BCUT2D eigenvalue weighted by molar-refractivity contribution is -0.109. The second kappa shape index (κ2) is 11.5. The van der Waals surface area contributed by atoms with Crippen molar-refractivity contribution < 1.29 is 38.1 Å². The topological polar surface area (TPSA) is 97.4 Å². The minimum atomic E-state index is -0.847. The fourth-order valence-electron chi connectivity index (χ4n) is 3.20. The van der Waals surface area contributed by atoms with Crippen LogP contribution in [0.15, 0.2) is 60.7 Å². The Kier molecular flexibility index (Phi) is 8.23. The normalized spacial score (nSPS) is 10.2. The molecule has 0 amide bonds. The molecule has 0 aliphatic rings. The maximum absolute atomic E-state index is 13.3. The van der Waals surface area contributed by atoms with Crippen LogP contribution in [-0.2, 0) is 11.4 Å². The van der Waals surface area contributed by atoms with Crippen LogP contribution in [0.5, 0.6) is 28.7 Å². The van der Waals surface area contributed by atoms with Gasteiger partial charge >= 0.3 is 0 Å². The number of hydrogen-bond donors (Lipinski definition) is 0. The molecule has 0 saturated carbocycles. The Labute approximate surface area is 197 Å². The van der Waals surface area contributed by atoms with Crippen LogP contribution in [-0.4, -0.2) is 45.8 Å². The van der Waals surface area contributed by atoms with Crippen LogP contribution in [0.3, 0.4) is 0 Å². The van der Waals surface area contributed by atoms with E-state index in [4.69, 9.17) is 23.7 Å². The zero-order valence-corrected chi connectivity index (χ0v) is 19.0. The van der Waals surface area contributed by atoms with Crippen LogP contribution in [0.2, 0.25) is 0 Å². The highest BCUT2D eigenvalue weighted by Crippen LogP contribution is 2.36. The fourth-order valence-corrected chi connectivity index (χ4v) is 3.20. The molecule has 34 heavy (non-hydrogen) atoms. The van der Waals surface area contributed by atoms with Gasteiger partial charge in [0.15, 0.2) is 17.8 Å². The molecule has 0 fully saturated rings. The van der Waals surface area contributed by atoms with Gasteiger partial charge < -0.3 is 23.7 Å². The maximum atomic E-state index is 13.3. The summed E-state index contributed by atoms with van der Waals surface area (Å²) in [6, 6.07) is 16.6. The van der Waals surface area contributed by atoms with E-state index in [0.717, 1.165) is 5.56 Å².